The summed E-state index contributed by atoms with van der Waals surface area (Å²) in [6.07, 6.45) is 2.88. The number of benzene rings is 2. The molecule has 144 valence electrons. The molecule has 2 aromatic heterocycles. The van der Waals surface area contributed by atoms with E-state index in [0.717, 1.165) is 32.2 Å². The molecule has 0 atom stereocenters. The molecule has 29 heavy (non-hydrogen) atoms. The predicted molar refractivity (Wildman–Crippen MR) is 113 cm³/mol. The Balaban J connectivity index is 1.73. The third kappa shape index (κ3) is 4.09. The van der Waals surface area contributed by atoms with Crippen LogP contribution in [0.1, 0.15) is 10.4 Å². The van der Waals surface area contributed by atoms with Crippen LogP contribution < -0.4 is 14.8 Å². The molecule has 0 aliphatic carbocycles. The van der Waals surface area contributed by atoms with Crippen LogP contribution in [-0.2, 0) is 0 Å². The minimum Gasteiger partial charge on any atom is -0.619 e. The van der Waals surface area contributed by atoms with E-state index in [9.17, 15) is 10.0 Å². The summed E-state index contributed by atoms with van der Waals surface area (Å²) in [5.74, 6) is 0.521. The lowest BCUT2D eigenvalue weighted by molar-refractivity contribution is -0.605. The van der Waals surface area contributed by atoms with Crippen molar-refractivity contribution in [3.05, 3.63) is 89.9 Å². The Bertz CT molecular complexity index is 1120. The van der Waals surface area contributed by atoms with Crippen molar-refractivity contribution in [2.75, 3.05) is 12.4 Å². The fraction of sp³-hybridized carbons (Fsp3) is 0.0455. The van der Waals surface area contributed by atoms with Gasteiger partial charge in [0.1, 0.15) is 5.75 Å². The van der Waals surface area contributed by atoms with Crippen LogP contribution in [0.5, 0.6) is 5.75 Å². The summed E-state index contributed by atoms with van der Waals surface area (Å²) in [6.45, 7) is 0. The van der Waals surface area contributed by atoms with Crippen molar-refractivity contribution in [3.8, 4) is 27.4 Å². The van der Waals surface area contributed by atoms with E-state index in [2.05, 4.69) is 10.3 Å². The first-order valence-electron chi connectivity index (χ1n) is 8.85. The zero-order chi connectivity index (χ0) is 20.2. The van der Waals surface area contributed by atoms with E-state index in [-0.39, 0.29) is 5.91 Å². The number of aromatic nitrogens is 2. The Morgan fingerprint density at radius 1 is 1.00 bits per heavy atom. The van der Waals surface area contributed by atoms with Gasteiger partial charge in [-0.2, -0.15) is 4.73 Å². The van der Waals surface area contributed by atoms with Gasteiger partial charge < -0.3 is 9.94 Å². The lowest BCUT2D eigenvalue weighted by Gasteiger charge is -2.04. The number of carbonyl (C=O) groups excluding carboxylic acids is 1. The van der Waals surface area contributed by atoms with Gasteiger partial charge in [-0.15, -0.1) is 0 Å². The number of hydrogen-bond donors (Lipinski definition) is 1. The van der Waals surface area contributed by atoms with E-state index in [1.54, 1.807) is 31.4 Å². The Hall–Kier alpha value is -3.71. The van der Waals surface area contributed by atoms with Gasteiger partial charge in [-0.1, -0.05) is 29.5 Å². The van der Waals surface area contributed by atoms with Crippen molar-refractivity contribution >= 4 is 22.4 Å². The molecule has 0 spiro atoms. The van der Waals surface area contributed by atoms with Crippen molar-refractivity contribution in [1.29, 1.82) is 0 Å². The molecular weight excluding hydrogens is 386 g/mol. The second-order valence-electron chi connectivity index (χ2n) is 6.19. The first-order chi connectivity index (χ1) is 14.1. The maximum Gasteiger partial charge on any atom is 0.257 e. The SMILES string of the molecule is COc1ccc(-c2nc(NC(=O)c3ccccc3)sc2-c2cc[n+]([O-])cc2)cc1. The van der Waals surface area contributed by atoms with Crippen LogP contribution in [0.15, 0.2) is 79.1 Å². The number of nitrogens with one attached hydrogen (secondary N) is 1. The summed E-state index contributed by atoms with van der Waals surface area (Å²) < 4.78 is 5.96. The zero-order valence-electron chi connectivity index (χ0n) is 15.5. The van der Waals surface area contributed by atoms with Crippen LogP contribution in [0.4, 0.5) is 5.13 Å². The Kier molecular flexibility index (Phi) is 5.22. The number of amides is 1. The third-order valence-corrected chi connectivity index (χ3v) is 5.33. The lowest BCUT2D eigenvalue weighted by Crippen LogP contribution is -2.23. The highest BCUT2D eigenvalue weighted by Gasteiger charge is 2.17. The predicted octanol–water partition coefficient (Wildman–Crippen LogP) is 4.37. The van der Waals surface area contributed by atoms with Gasteiger partial charge in [0.05, 0.1) is 17.7 Å². The molecule has 0 saturated heterocycles. The largest absolute Gasteiger partial charge is 0.619 e. The van der Waals surface area contributed by atoms with Crippen molar-refractivity contribution < 1.29 is 14.3 Å². The van der Waals surface area contributed by atoms with Crippen LogP contribution in [0.25, 0.3) is 21.7 Å². The molecule has 0 unspecified atom stereocenters. The summed E-state index contributed by atoms with van der Waals surface area (Å²) in [5, 5.41) is 14.8. The number of rotatable bonds is 5. The van der Waals surface area contributed by atoms with Gasteiger partial charge in [-0.05, 0) is 36.4 Å². The Morgan fingerprint density at radius 3 is 2.34 bits per heavy atom. The molecule has 4 rings (SSSR count). The molecule has 1 N–H and O–H groups in total. The van der Waals surface area contributed by atoms with Crippen LogP contribution in [-0.4, -0.2) is 18.0 Å². The average molecular weight is 403 g/mol. The maximum atomic E-state index is 12.5. The highest BCUT2D eigenvalue weighted by Crippen LogP contribution is 2.39. The van der Waals surface area contributed by atoms with Crippen molar-refractivity contribution in [3.63, 3.8) is 0 Å². The zero-order valence-corrected chi connectivity index (χ0v) is 16.3. The molecule has 2 aromatic carbocycles. The first kappa shape index (κ1) is 18.6. The second kappa shape index (κ2) is 8.12. The quantitative estimate of drug-likeness (QED) is 0.396. The van der Waals surface area contributed by atoms with Gasteiger partial charge in [0.25, 0.3) is 5.91 Å². The maximum absolute atomic E-state index is 12.5. The highest BCUT2D eigenvalue weighted by molar-refractivity contribution is 7.19. The van der Waals surface area contributed by atoms with Gasteiger partial charge in [0.15, 0.2) is 17.5 Å². The molecule has 2 heterocycles. The van der Waals surface area contributed by atoms with E-state index in [1.165, 1.54) is 23.7 Å². The molecule has 0 aliphatic heterocycles. The van der Waals surface area contributed by atoms with Crippen LogP contribution in [0.3, 0.4) is 0 Å². The van der Waals surface area contributed by atoms with Crippen LogP contribution >= 0.6 is 11.3 Å². The summed E-state index contributed by atoms with van der Waals surface area (Å²) >= 11 is 1.36. The number of ether oxygens (including phenoxy) is 1. The number of thiazole rings is 1. The number of methoxy groups -OCH3 is 1. The summed E-state index contributed by atoms with van der Waals surface area (Å²) in [4.78, 5) is 18.1. The molecule has 4 aromatic rings. The van der Waals surface area contributed by atoms with E-state index in [0.29, 0.717) is 10.7 Å². The molecule has 0 aliphatic rings. The molecule has 0 bridgehead atoms. The topological polar surface area (TPSA) is 78.2 Å². The fourth-order valence-corrected chi connectivity index (χ4v) is 3.82. The van der Waals surface area contributed by atoms with Gasteiger partial charge >= 0.3 is 0 Å². The smallest absolute Gasteiger partial charge is 0.257 e. The average Bonchev–Trinajstić information content (AvgIpc) is 3.18. The number of carbonyl (C=O) groups is 1. The molecule has 0 saturated carbocycles. The van der Waals surface area contributed by atoms with Gasteiger partial charge in [-0.3, -0.25) is 10.1 Å². The lowest BCUT2D eigenvalue weighted by atomic mass is 10.1. The molecule has 0 radical (unpaired) electrons. The minimum atomic E-state index is -0.224. The standard InChI is InChI=1S/C22H17N3O3S/c1-28-18-9-7-15(8-10-18)19-20(16-11-13-25(27)14-12-16)29-22(23-19)24-21(26)17-5-3-2-4-6-17/h2-14H,1H3,(H,23,24,26). The summed E-state index contributed by atoms with van der Waals surface area (Å²) in [6, 6.07) is 20.0. The fourth-order valence-electron chi connectivity index (χ4n) is 2.84. The van der Waals surface area contributed by atoms with Crippen LogP contribution in [0, 0.1) is 5.21 Å². The summed E-state index contributed by atoms with van der Waals surface area (Å²) in [7, 11) is 1.61. The van der Waals surface area contributed by atoms with E-state index in [1.807, 2.05) is 42.5 Å². The van der Waals surface area contributed by atoms with E-state index in [4.69, 9.17) is 4.74 Å². The number of hydrogen-bond acceptors (Lipinski definition) is 5. The first-order valence-corrected chi connectivity index (χ1v) is 9.66. The molecule has 1 amide bonds. The normalized spacial score (nSPS) is 10.5. The number of anilines is 1. The summed E-state index contributed by atoms with van der Waals surface area (Å²) in [5.41, 5.74) is 3.02. The van der Waals surface area contributed by atoms with Crippen LogP contribution in [0.2, 0.25) is 0 Å². The van der Waals surface area contributed by atoms with E-state index < -0.39 is 0 Å². The van der Waals surface area contributed by atoms with Crippen molar-refractivity contribution in [1.82, 2.24) is 4.98 Å². The number of nitrogens with zero attached hydrogens (tertiary/aromatic N) is 2. The third-order valence-electron chi connectivity index (χ3n) is 4.31. The highest BCUT2D eigenvalue weighted by atomic mass is 32.1. The van der Waals surface area contributed by atoms with E-state index >= 15 is 0 Å². The molecule has 7 heteroatoms. The minimum absolute atomic E-state index is 0.224. The second-order valence-corrected chi connectivity index (χ2v) is 7.19. The van der Waals surface area contributed by atoms with Crippen molar-refractivity contribution in [2.45, 2.75) is 0 Å². The Labute approximate surface area is 171 Å². The van der Waals surface area contributed by atoms with Gasteiger partial charge in [0, 0.05) is 28.8 Å². The van der Waals surface area contributed by atoms with Gasteiger partial charge in [0.2, 0.25) is 0 Å². The van der Waals surface area contributed by atoms with Crippen molar-refractivity contribution in [2.24, 2.45) is 0 Å². The molecule has 6 nitrogen and oxygen atoms in total. The number of pyridine rings is 1. The Morgan fingerprint density at radius 2 is 1.69 bits per heavy atom. The monoisotopic (exact) mass is 403 g/mol. The van der Waals surface area contributed by atoms with Gasteiger partial charge in [-0.25, -0.2) is 4.98 Å². The molecule has 0 fully saturated rings. The molecular formula is C22H17N3O3S.